The van der Waals surface area contributed by atoms with Gasteiger partial charge in [0.05, 0.1) is 13.2 Å². The van der Waals surface area contributed by atoms with Gasteiger partial charge in [0.1, 0.15) is 5.60 Å². The van der Waals surface area contributed by atoms with Crippen LogP contribution in [0.4, 0.5) is 4.79 Å². The first-order valence-electron chi connectivity index (χ1n) is 7.09. The van der Waals surface area contributed by atoms with Crippen molar-refractivity contribution < 1.29 is 19.7 Å². The Balaban J connectivity index is 3.03. The zero-order chi connectivity index (χ0) is 16.1. The van der Waals surface area contributed by atoms with E-state index < -0.39 is 24.0 Å². The van der Waals surface area contributed by atoms with Crippen LogP contribution in [-0.2, 0) is 11.3 Å². The van der Waals surface area contributed by atoms with Crippen molar-refractivity contribution in [3.05, 3.63) is 35.9 Å². The Morgan fingerprint density at radius 2 is 1.81 bits per heavy atom. The second kappa shape index (κ2) is 6.91. The first kappa shape index (κ1) is 17.5. The molecule has 1 aromatic carbocycles. The lowest BCUT2D eigenvalue weighted by atomic mass is 10.1. The fourth-order valence-corrected chi connectivity index (χ4v) is 1.85. The Kier molecular flexibility index (Phi) is 5.75. The van der Waals surface area contributed by atoms with Crippen LogP contribution in [0.1, 0.15) is 39.7 Å². The van der Waals surface area contributed by atoms with Gasteiger partial charge in [0.15, 0.2) is 5.72 Å². The number of ether oxygens (including phenoxy) is 1. The second-order valence-corrected chi connectivity index (χ2v) is 6.05. The Morgan fingerprint density at radius 3 is 2.24 bits per heavy atom. The number of carbonyl (C=O) groups is 1. The van der Waals surface area contributed by atoms with Crippen LogP contribution in [0.15, 0.2) is 30.3 Å². The molecule has 0 heterocycles. The topological polar surface area (TPSA) is 70.0 Å². The van der Waals surface area contributed by atoms with E-state index in [0.717, 1.165) is 5.56 Å². The van der Waals surface area contributed by atoms with Crippen molar-refractivity contribution >= 4 is 6.09 Å². The number of nitrogens with zero attached hydrogens (tertiary/aromatic N) is 1. The smallest absolute Gasteiger partial charge is 0.412 e. The molecule has 0 spiro atoms. The highest BCUT2D eigenvalue weighted by molar-refractivity contribution is 5.69. The maximum absolute atomic E-state index is 12.4. The lowest BCUT2D eigenvalue weighted by Gasteiger charge is -2.38. The maximum atomic E-state index is 12.4. The number of carbonyl (C=O) groups excluding carboxylic acids is 1. The summed E-state index contributed by atoms with van der Waals surface area (Å²) in [5, 5.41) is 20.0. The van der Waals surface area contributed by atoms with Crippen molar-refractivity contribution in [1.82, 2.24) is 4.90 Å². The van der Waals surface area contributed by atoms with E-state index in [1.165, 1.54) is 4.90 Å². The molecule has 0 aliphatic rings. The summed E-state index contributed by atoms with van der Waals surface area (Å²) in [5.41, 5.74) is -1.46. The van der Waals surface area contributed by atoms with Gasteiger partial charge in [-0.2, -0.15) is 0 Å². The molecule has 0 fully saturated rings. The SMILES string of the molecule is CC[C@@](O)(CO)N(Cc1ccccc1)C(=O)OC(C)(C)C. The van der Waals surface area contributed by atoms with Crippen molar-refractivity contribution in [2.75, 3.05) is 6.61 Å². The minimum Gasteiger partial charge on any atom is -0.444 e. The lowest BCUT2D eigenvalue weighted by molar-refractivity contribution is -0.139. The third kappa shape index (κ3) is 5.02. The number of benzene rings is 1. The van der Waals surface area contributed by atoms with Crippen molar-refractivity contribution in [1.29, 1.82) is 0 Å². The predicted molar refractivity (Wildman–Crippen MR) is 80.5 cm³/mol. The summed E-state index contributed by atoms with van der Waals surface area (Å²) in [6.45, 7) is 6.61. The normalized spacial score (nSPS) is 14.4. The van der Waals surface area contributed by atoms with Gasteiger partial charge >= 0.3 is 6.09 Å². The van der Waals surface area contributed by atoms with E-state index in [1.807, 2.05) is 30.3 Å². The first-order valence-corrected chi connectivity index (χ1v) is 7.09. The molecule has 5 heteroatoms. The summed E-state index contributed by atoms with van der Waals surface area (Å²) in [4.78, 5) is 13.5. The van der Waals surface area contributed by atoms with Crippen LogP contribution in [0.3, 0.4) is 0 Å². The molecule has 0 bridgehead atoms. The number of hydrogen-bond acceptors (Lipinski definition) is 4. The van der Waals surface area contributed by atoms with Crippen LogP contribution in [-0.4, -0.2) is 39.1 Å². The molecule has 1 amide bonds. The highest BCUT2D eigenvalue weighted by atomic mass is 16.6. The molecule has 118 valence electrons. The van der Waals surface area contributed by atoms with Gasteiger partial charge in [-0.15, -0.1) is 0 Å². The zero-order valence-corrected chi connectivity index (χ0v) is 13.2. The molecule has 0 aliphatic carbocycles. The monoisotopic (exact) mass is 295 g/mol. The third-order valence-corrected chi connectivity index (χ3v) is 3.12. The molecule has 1 aromatic rings. The van der Waals surface area contributed by atoms with Crippen LogP contribution in [0.25, 0.3) is 0 Å². The average Bonchev–Trinajstić information content (AvgIpc) is 2.43. The van der Waals surface area contributed by atoms with Crippen LogP contribution in [0, 0.1) is 0 Å². The fourth-order valence-electron chi connectivity index (χ4n) is 1.85. The predicted octanol–water partition coefficient (Wildman–Crippen LogP) is 2.51. The van der Waals surface area contributed by atoms with Gasteiger partial charge in [0.2, 0.25) is 0 Å². The van der Waals surface area contributed by atoms with E-state index in [-0.39, 0.29) is 13.0 Å². The van der Waals surface area contributed by atoms with E-state index in [9.17, 15) is 15.0 Å². The summed E-state index contributed by atoms with van der Waals surface area (Å²) in [6, 6.07) is 9.29. The molecule has 2 N–H and O–H groups in total. The van der Waals surface area contributed by atoms with Gasteiger partial charge < -0.3 is 14.9 Å². The average molecular weight is 295 g/mol. The quantitative estimate of drug-likeness (QED) is 0.819. The van der Waals surface area contributed by atoms with E-state index in [1.54, 1.807) is 27.7 Å². The maximum Gasteiger partial charge on any atom is 0.412 e. The molecule has 0 radical (unpaired) electrons. The summed E-state index contributed by atoms with van der Waals surface area (Å²) in [7, 11) is 0. The van der Waals surface area contributed by atoms with Crippen molar-refractivity contribution in [3.8, 4) is 0 Å². The fraction of sp³-hybridized carbons (Fsp3) is 0.562. The molecule has 0 saturated heterocycles. The molecule has 1 rings (SSSR count). The molecular formula is C16H25NO4. The number of rotatable bonds is 5. The van der Waals surface area contributed by atoms with Gasteiger partial charge in [-0.25, -0.2) is 4.79 Å². The minimum atomic E-state index is -1.64. The Labute approximate surface area is 126 Å². The highest BCUT2D eigenvalue weighted by Gasteiger charge is 2.38. The largest absolute Gasteiger partial charge is 0.444 e. The number of aliphatic hydroxyl groups excluding tert-OH is 1. The molecule has 21 heavy (non-hydrogen) atoms. The molecule has 0 aliphatic heterocycles. The van der Waals surface area contributed by atoms with Crippen molar-refractivity contribution in [2.24, 2.45) is 0 Å². The van der Waals surface area contributed by atoms with Gasteiger partial charge in [0.25, 0.3) is 0 Å². The Bertz CT molecular complexity index is 449. The molecule has 0 unspecified atom stereocenters. The van der Waals surface area contributed by atoms with Crippen molar-refractivity contribution in [2.45, 2.75) is 52.0 Å². The number of amides is 1. The summed E-state index contributed by atoms with van der Waals surface area (Å²) < 4.78 is 5.34. The highest BCUT2D eigenvalue weighted by Crippen LogP contribution is 2.22. The summed E-state index contributed by atoms with van der Waals surface area (Å²) in [5.74, 6) is 0. The molecule has 0 aromatic heterocycles. The van der Waals surface area contributed by atoms with E-state index in [2.05, 4.69) is 0 Å². The van der Waals surface area contributed by atoms with E-state index in [4.69, 9.17) is 4.74 Å². The van der Waals surface area contributed by atoms with Crippen LogP contribution >= 0.6 is 0 Å². The van der Waals surface area contributed by atoms with Gasteiger partial charge in [-0.1, -0.05) is 37.3 Å². The Hall–Kier alpha value is -1.59. The summed E-state index contributed by atoms with van der Waals surface area (Å²) in [6.07, 6.45) is -0.444. The van der Waals surface area contributed by atoms with E-state index in [0.29, 0.717) is 0 Å². The van der Waals surface area contributed by atoms with Crippen molar-refractivity contribution in [3.63, 3.8) is 0 Å². The molecular weight excluding hydrogens is 270 g/mol. The minimum absolute atomic E-state index is 0.167. The van der Waals surface area contributed by atoms with Crippen LogP contribution in [0.2, 0.25) is 0 Å². The Morgan fingerprint density at radius 1 is 1.24 bits per heavy atom. The van der Waals surface area contributed by atoms with Crippen LogP contribution < -0.4 is 0 Å². The zero-order valence-electron chi connectivity index (χ0n) is 13.2. The van der Waals surface area contributed by atoms with Crippen LogP contribution in [0.5, 0.6) is 0 Å². The molecule has 5 nitrogen and oxygen atoms in total. The van der Waals surface area contributed by atoms with Gasteiger partial charge in [-0.05, 0) is 32.8 Å². The van der Waals surface area contributed by atoms with E-state index >= 15 is 0 Å². The van der Waals surface area contributed by atoms with Gasteiger partial charge in [-0.3, -0.25) is 4.90 Å². The lowest BCUT2D eigenvalue weighted by Crippen LogP contribution is -2.54. The summed E-state index contributed by atoms with van der Waals surface area (Å²) >= 11 is 0. The van der Waals surface area contributed by atoms with Gasteiger partial charge in [0, 0.05) is 0 Å². The standard InChI is InChI=1S/C16H25NO4/c1-5-16(20,12-18)17(14(19)21-15(2,3)4)11-13-9-7-6-8-10-13/h6-10,18,20H,5,11-12H2,1-4H3/t16-/m1/s1. The number of hydrogen-bond donors (Lipinski definition) is 2. The number of aliphatic hydroxyl groups is 2. The molecule has 1 atom stereocenters. The third-order valence-electron chi connectivity index (χ3n) is 3.12. The first-order chi connectivity index (χ1) is 9.72. The second-order valence-electron chi connectivity index (χ2n) is 6.05. The molecule has 0 saturated carbocycles.